The normalized spacial score (nSPS) is 33.2. The number of rotatable bonds is 4. The Hall–Kier alpha value is -2.68. The van der Waals surface area contributed by atoms with Gasteiger partial charge in [-0.15, -0.1) is 13.2 Å². The summed E-state index contributed by atoms with van der Waals surface area (Å²) in [6.07, 6.45) is -3.60. The Labute approximate surface area is 177 Å². The van der Waals surface area contributed by atoms with Crippen LogP contribution in [0, 0.1) is 36.4 Å². The van der Waals surface area contributed by atoms with Crippen LogP contribution < -0.4 is 10.1 Å². The lowest BCUT2D eigenvalue weighted by Gasteiger charge is -2.27. The van der Waals surface area contributed by atoms with Crippen LogP contribution in [0.2, 0.25) is 0 Å². The van der Waals surface area contributed by atoms with Gasteiger partial charge >= 0.3 is 6.36 Å². The Morgan fingerprint density at radius 2 is 1.94 bits per heavy atom. The van der Waals surface area contributed by atoms with E-state index in [2.05, 4.69) is 22.0 Å². The van der Waals surface area contributed by atoms with Crippen molar-refractivity contribution in [2.24, 2.45) is 23.7 Å². The van der Waals surface area contributed by atoms with Crippen LogP contribution in [0.25, 0.3) is 0 Å². The molecular weight excluding hydrogens is 416 g/mol. The van der Waals surface area contributed by atoms with Crippen molar-refractivity contribution in [2.75, 3.05) is 5.32 Å². The lowest BCUT2D eigenvalue weighted by molar-refractivity contribution is -0.275. The molecule has 1 aromatic heterocycles. The third-order valence-electron chi connectivity index (χ3n) is 6.72. The molecule has 1 saturated carbocycles. The summed E-state index contributed by atoms with van der Waals surface area (Å²) in [5.74, 6) is -1.92. The number of aryl methyl sites for hydroxylation is 1. The van der Waals surface area contributed by atoms with Gasteiger partial charge in [0, 0.05) is 31.0 Å². The van der Waals surface area contributed by atoms with E-state index >= 15 is 0 Å². The highest BCUT2D eigenvalue weighted by atomic mass is 19.4. The monoisotopic (exact) mass is 438 g/mol. The Balaban J connectivity index is 0.00000245. The minimum atomic E-state index is -5.00. The van der Waals surface area contributed by atoms with Crippen LogP contribution in [-0.2, 0) is 9.53 Å². The second kappa shape index (κ2) is 6.91. The van der Waals surface area contributed by atoms with E-state index in [0.29, 0.717) is 17.8 Å². The highest BCUT2D eigenvalue weighted by Crippen LogP contribution is 2.68. The Morgan fingerprint density at radius 3 is 2.61 bits per heavy atom. The molecule has 1 amide bonds. The van der Waals surface area contributed by atoms with Crippen molar-refractivity contribution in [3.63, 3.8) is 0 Å². The van der Waals surface area contributed by atoms with E-state index in [4.69, 9.17) is 4.74 Å². The third-order valence-corrected chi connectivity index (χ3v) is 6.72. The van der Waals surface area contributed by atoms with Crippen molar-refractivity contribution in [3.05, 3.63) is 53.6 Å². The predicted molar refractivity (Wildman–Crippen MR) is 104 cm³/mol. The van der Waals surface area contributed by atoms with Crippen LogP contribution in [0.3, 0.4) is 0 Å². The number of ether oxygens (including phenoxy) is 2. The largest absolute Gasteiger partial charge is 0.573 e. The van der Waals surface area contributed by atoms with Crippen LogP contribution in [0.1, 0.15) is 25.5 Å². The average molecular weight is 438 g/mol. The molecular formula is C22H22F4N2O3. The molecule has 5 rings (SSSR count). The molecule has 0 spiro atoms. The molecule has 2 saturated heterocycles. The van der Waals surface area contributed by atoms with Crippen molar-refractivity contribution in [1.82, 2.24) is 4.98 Å². The van der Waals surface area contributed by atoms with E-state index in [1.807, 2.05) is 19.1 Å². The summed E-state index contributed by atoms with van der Waals surface area (Å²) < 4.78 is 60.9. The summed E-state index contributed by atoms with van der Waals surface area (Å²) in [5, 5.41) is 2.66. The van der Waals surface area contributed by atoms with Crippen molar-refractivity contribution in [3.8, 4) is 5.75 Å². The molecule has 7 atom stereocenters. The van der Waals surface area contributed by atoms with E-state index in [-0.39, 0.29) is 31.1 Å². The highest BCUT2D eigenvalue weighted by molar-refractivity contribution is 5.94. The zero-order chi connectivity index (χ0) is 22.1. The number of carbonyl (C=O) groups excluding carboxylic acids is 1. The van der Waals surface area contributed by atoms with Gasteiger partial charge in [-0.2, -0.15) is 0 Å². The summed E-state index contributed by atoms with van der Waals surface area (Å²) in [6.45, 7) is 4.03. The number of nitrogens with zero attached hydrogens (tertiary/aromatic N) is 1. The molecule has 2 aliphatic heterocycles. The molecule has 3 aliphatic rings. The van der Waals surface area contributed by atoms with Crippen LogP contribution >= 0.6 is 0 Å². The minimum Gasteiger partial charge on any atom is -0.403 e. The maximum atomic E-state index is 14.1. The number of nitrogens with one attached hydrogen (secondary N) is 1. The molecule has 5 nitrogen and oxygen atoms in total. The van der Waals surface area contributed by atoms with Gasteiger partial charge in [-0.05, 0) is 54.5 Å². The fourth-order valence-corrected chi connectivity index (χ4v) is 5.48. The molecule has 1 N–H and O–H groups in total. The van der Waals surface area contributed by atoms with Crippen LogP contribution in [-0.4, -0.2) is 29.5 Å². The zero-order valence-electron chi connectivity index (χ0n) is 16.7. The summed E-state index contributed by atoms with van der Waals surface area (Å²) in [6, 6.07) is 6.68. The number of benzene rings is 1. The maximum absolute atomic E-state index is 14.1. The first-order valence-corrected chi connectivity index (χ1v) is 10.1. The number of anilines is 1. The highest BCUT2D eigenvalue weighted by Gasteiger charge is 2.72. The number of hydrogen-bond acceptors (Lipinski definition) is 4. The number of pyridine rings is 1. The third kappa shape index (κ3) is 3.44. The van der Waals surface area contributed by atoms with E-state index in [1.54, 1.807) is 6.20 Å². The van der Waals surface area contributed by atoms with E-state index < -0.39 is 23.8 Å². The lowest BCUT2D eigenvalue weighted by Crippen LogP contribution is -2.37. The fourth-order valence-electron chi connectivity index (χ4n) is 5.48. The molecule has 2 bridgehead atoms. The topological polar surface area (TPSA) is 60.5 Å². The second-order valence-corrected chi connectivity index (χ2v) is 8.54. The van der Waals surface area contributed by atoms with Gasteiger partial charge in [0.05, 0.1) is 18.1 Å². The molecule has 9 heteroatoms. The van der Waals surface area contributed by atoms with Gasteiger partial charge in [-0.25, -0.2) is 4.39 Å². The van der Waals surface area contributed by atoms with Crippen LogP contribution in [0.15, 0.2) is 36.5 Å². The van der Waals surface area contributed by atoms with Gasteiger partial charge in [-0.3, -0.25) is 9.78 Å². The van der Waals surface area contributed by atoms with Gasteiger partial charge in [0.1, 0.15) is 0 Å². The quantitative estimate of drug-likeness (QED) is 0.705. The summed E-state index contributed by atoms with van der Waals surface area (Å²) >= 11 is 0. The molecule has 2 aromatic rings. The number of halogens is 4. The van der Waals surface area contributed by atoms with Crippen molar-refractivity contribution in [1.29, 1.82) is 0 Å². The summed E-state index contributed by atoms with van der Waals surface area (Å²) in [4.78, 5) is 17.5. The van der Waals surface area contributed by atoms with E-state index in [9.17, 15) is 22.4 Å². The van der Waals surface area contributed by atoms with Crippen molar-refractivity contribution >= 4 is 11.6 Å². The second-order valence-electron chi connectivity index (χ2n) is 8.54. The number of aromatic nitrogens is 1. The molecule has 166 valence electrons. The average Bonchev–Trinajstić information content (AvgIpc) is 3.05. The number of amides is 1. The van der Waals surface area contributed by atoms with Gasteiger partial charge in [0.15, 0.2) is 11.6 Å². The number of carbonyl (C=O) groups is 1. The van der Waals surface area contributed by atoms with Gasteiger partial charge < -0.3 is 14.8 Å². The zero-order valence-corrected chi connectivity index (χ0v) is 16.7. The van der Waals surface area contributed by atoms with Crippen molar-refractivity contribution < 1.29 is 33.3 Å². The number of hydrogen-bond donors (Lipinski definition) is 1. The first-order valence-electron chi connectivity index (χ1n) is 10.1. The lowest BCUT2D eigenvalue weighted by atomic mass is 9.75. The standard InChI is InChI=1S/C22H20F4N2O3.H2/c1-9-7-11(5-6-27-9)17-18(20-16-10(2)15(16)19(17)30-20)21(29)28-12-3-4-14(13(23)8-12)31-22(24,25)26;/h3-8,10,15-20H,1-2H3,(H,28,29);1H/t10?,15?,16?,17-,18-,19+,20-;/m1./s1. The maximum Gasteiger partial charge on any atom is 0.573 e. The Bertz CT molecular complexity index is 1050. The van der Waals surface area contributed by atoms with E-state index in [0.717, 1.165) is 23.4 Å². The summed E-state index contributed by atoms with van der Waals surface area (Å²) in [7, 11) is 0. The molecule has 31 heavy (non-hydrogen) atoms. The SMILES string of the molecule is Cc1cc([C@@H]2[C@@H](C(=O)Nc3ccc(OC(F)(F)F)c(F)c3)[C@@H]3O[C@H]2C2C(C)C23)ccn1.[HH]. The molecule has 3 heterocycles. The minimum absolute atomic E-state index is 0. The molecule has 3 unspecified atom stereocenters. The molecule has 3 fully saturated rings. The van der Waals surface area contributed by atoms with Crippen LogP contribution in [0.5, 0.6) is 5.75 Å². The smallest absolute Gasteiger partial charge is 0.403 e. The van der Waals surface area contributed by atoms with Gasteiger partial charge in [0.25, 0.3) is 0 Å². The van der Waals surface area contributed by atoms with Gasteiger partial charge in [0.2, 0.25) is 5.91 Å². The first kappa shape index (κ1) is 20.2. The first-order chi connectivity index (χ1) is 14.6. The molecule has 1 aromatic carbocycles. The number of fused-ring (bicyclic) bond motifs is 5. The van der Waals surface area contributed by atoms with Crippen molar-refractivity contribution in [2.45, 2.75) is 38.3 Å². The molecule has 0 radical (unpaired) electrons. The Morgan fingerprint density at radius 1 is 1.19 bits per heavy atom. The number of alkyl halides is 3. The molecule has 1 aliphatic carbocycles. The van der Waals surface area contributed by atoms with Crippen LogP contribution in [0.4, 0.5) is 23.2 Å². The Kier molecular flexibility index (Phi) is 4.51. The fraction of sp³-hybridized carbons (Fsp3) is 0.455. The van der Waals surface area contributed by atoms with Gasteiger partial charge in [-0.1, -0.05) is 6.92 Å². The van der Waals surface area contributed by atoms with E-state index in [1.165, 1.54) is 6.07 Å². The predicted octanol–water partition coefficient (Wildman–Crippen LogP) is 4.68. The summed E-state index contributed by atoms with van der Waals surface area (Å²) in [5.41, 5.74) is 1.87.